The van der Waals surface area contributed by atoms with Crippen molar-refractivity contribution in [2.24, 2.45) is 0 Å². The van der Waals surface area contributed by atoms with Gasteiger partial charge in [0, 0.05) is 26.2 Å². The third-order valence-electron chi connectivity index (χ3n) is 4.10. The molecule has 1 heterocycles. The van der Waals surface area contributed by atoms with Gasteiger partial charge in [-0.2, -0.15) is 5.10 Å². The van der Waals surface area contributed by atoms with Crippen molar-refractivity contribution < 1.29 is 14.5 Å². The Hall–Kier alpha value is -3.23. The summed E-state index contributed by atoms with van der Waals surface area (Å²) in [6.45, 7) is 3.40. The lowest BCUT2D eigenvalue weighted by molar-refractivity contribution is -0.386. The molecule has 0 aliphatic heterocycles. The first-order valence-electron chi connectivity index (χ1n) is 7.98. The zero-order chi connectivity index (χ0) is 19.4. The molecule has 9 heteroatoms. The maximum absolute atomic E-state index is 12.4. The first kappa shape index (κ1) is 19.1. The van der Waals surface area contributed by atoms with Crippen LogP contribution < -0.4 is 5.32 Å². The van der Waals surface area contributed by atoms with Crippen LogP contribution in [0.25, 0.3) is 0 Å². The highest BCUT2D eigenvalue weighted by Gasteiger charge is 2.23. The summed E-state index contributed by atoms with van der Waals surface area (Å²) in [5.41, 5.74) is 1.98. The van der Waals surface area contributed by atoms with E-state index >= 15 is 0 Å². The minimum atomic E-state index is -0.490. The average molecular weight is 359 g/mol. The molecule has 0 saturated heterocycles. The second-order valence-electron chi connectivity index (χ2n) is 5.96. The van der Waals surface area contributed by atoms with Gasteiger partial charge in [-0.25, -0.2) is 0 Å². The number of carbonyl (C=O) groups excluding carboxylic acids is 2. The van der Waals surface area contributed by atoms with Gasteiger partial charge in [-0.1, -0.05) is 12.1 Å². The number of carbonyl (C=O) groups is 2. The Morgan fingerprint density at radius 3 is 2.38 bits per heavy atom. The minimum Gasteiger partial charge on any atom is -0.355 e. The van der Waals surface area contributed by atoms with Crippen LogP contribution in [0.1, 0.15) is 27.3 Å². The van der Waals surface area contributed by atoms with E-state index in [9.17, 15) is 19.7 Å². The fourth-order valence-electron chi connectivity index (χ4n) is 2.62. The van der Waals surface area contributed by atoms with Gasteiger partial charge in [0.15, 0.2) is 0 Å². The summed E-state index contributed by atoms with van der Waals surface area (Å²) in [7, 11) is 3.21. The average Bonchev–Trinajstić information content (AvgIpc) is 2.88. The smallest absolute Gasteiger partial charge is 0.312 e. The number of benzene rings is 1. The zero-order valence-corrected chi connectivity index (χ0v) is 15.1. The van der Waals surface area contributed by atoms with Gasteiger partial charge in [0.05, 0.1) is 4.92 Å². The number of hydrogen-bond donors (Lipinski definition) is 1. The van der Waals surface area contributed by atoms with Crippen molar-refractivity contribution in [3.63, 3.8) is 0 Å². The molecule has 0 radical (unpaired) electrons. The minimum absolute atomic E-state index is 0.0646. The Labute approximate surface area is 150 Å². The molecule has 0 saturated carbocycles. The van der Waals surface area contributed by atoms with Crippen molar-refractivity contribution in [1.82, 2.24) is 20.0 Å². The summed E-state index contributed by atoms with van der Waals surface area (Å²) < 4.78 is 1.35. The summed E-state index contributed by atoms with van der Waals surface area (Å²) in [6, 6.07) is 6.94. The highest BCUT2D eigenvalue weighted by molar-refractivity contribution is 5.93. The van der Waals surface area contributed by atoms with Crippen LogP contribution in [-0.2, 0) is 17.9 Å². The Kier molecular flexibility index (Phi) is 5.71. The van der Waals surface area contributed by atoms with Gasteiger partial charge in [0.25, 0.3) is 5.91 Å². The molecule has 1 N–H and O–H groups in total. The van der Waals surface area contributed by atoms with Crippen LogP contribution in [0, 0.1) is 24.0 Å². The lowest BCUT2D eigenvalue weighted by atomic mass is 10.1. The molecule has 0 aliphatic carbocycles. The van der Waals surface area contributed by atoms with Crippen molar-refractivity contribution >= 4 is 17.5 Å². The van der Waals surface area contributed by atoms with E-state index in [0.29, 0.717) is 17.8 Å². The molecule has 0 unspecified atom stereocenters. The lowest BCUT2D eigenvalue weighted by Crippen LogP contribution is -2.30. The molecule has 2 aromatic rings. The highest BCUT2D eigenvalue weighted by Crippen LogP contribution is 2.21. The zero-order valence-electron chi connectivity index (χ0n) is 15.1. The van der Waals surface area contributed by atoms with Gasteiger partial charge in [-0.05, 0) is 31.5 Å². The molecule has 138 valence electrons. The predicted octanol–water partition coefficient (Wildman–Crippen LogP) is 1.43. The van der Waals surface area contributed by atoms with Gasteiger partial charge < -0.3 is 10.2 Å². The Morgan fingerprint density at radius 1 is 1.27 bits per heavy atom. The topological polar surface area (TPSA) is 110 Å². The van der Waals surface area contributed by atoms with Gasteiger partial charge in [0.2, 0.25) is 5.91 Å². The molecule has 2 rings (SSSR count). The molecule has 2 amide bonds. The van der Waals surface area contributed by atoms with E-state index in [1.165, 1.54) is 9.58 Å². The second-order valence-corrected chi connectivity index (χ2v) is 5.96. The van der Waals surface area contributed by atoms with Crippen molar-refractivity contribution in [2.75, 3.05) is 14.1 Å². The normalized spacial score (nSPS) is 10.5. The van der Waals surface area contributed by atoms with Gasteiger partial charge in [0.1, 0.15) is 17.9 Å². The third kappa shape index (κ3) is 4.05. The highest BCUT2D eigenvalue weighted by atomic mass is 16.6. The molecule has 0 atom stereocenters. The summed E-state index contributed by atoms with van der Waals surface area (Å²) in [5, 5.41) is 17.7. The molecule has 9 nitrogen and oxygen atoms in total. The Bertz CT molecular complexity index is 842. The van der Waals surface area contributed by atoms with Crippen LogP contribution >= 0.6 is 0 Å². The summed E-state index contributed by atoms with van der Waals surface area (Å²) in [5.74, 6) is -0.395. The molecular formula is C17H21N5O4. The number of nitrogens with one attached hydrogen (secondary N) is 1. The maximum atomic E-state index is 12.4. The number of nitro groups is 1. The Morgan fingerprint density at radius 2 is 1.88 bits per heavy atom. The van der Waals surface area contributed by atoms with Crippen LogP contribution in [0.2, 0.25) is 0 Å². The van der Waals surface area contributed by atoms with E-state index in [4.69, 9.17) is 0 Å². The maximum Gasteiger partial charge on any atom is 0.312 e. The van der Waals surface area contributed by atoms with E-state index in [2.05, 4.69) is 10.4 Å². The SMILES string of the molecule is CNC(=O)c1ccc(CN(C)C(=O)Cn2nc(C)c([N+](=O)[O-])c2C)cc1. The predicted molar refractivity (Wildman–Crippen MR) is 94.7 cm³/mol. The number of aryl methyl sites for hydroxylation is 1. The third-order valence-corrected chi connectivity index (χ3v) is 4.10. The molecule has 26 heavy (non-hydrogen) atoms. The van der Waals surface area contributed by atoms with Crippen LogP contribution in [-0.4, -0.2) is 45.5 Å². The van der Waals surface area contributed by atoms with E-state index in [0.717, 1.165) is 5.56 Å². The standard InChI is InChI=1S/C17H21N5O4/c1-11-16(22(25)26)12(2)21(19-11)10-15(23)20(4)9-13-5-7-14(8-6-13)17(24)18-3/h5-8H,9-10H2,1-4H3,(H,18,24). The molecule has 0 bridgehead atoms. The van der Waals surface area contributed by atoms with E-state index in [1.54, 1.807) is 52.2 Å². The summed E-state index contributed by atoms with van der Waals surface area (Å²) >= 11 is 0. The number of aromatic nitrogens is 2. The summed E-state index contributed by atoms with van der Waals surface area (Å²) in [4.78, 5) is 36.0. The quantitative estimate of drug-likeness (QED) is 0.619. The van der Waals surface area contributed by atoms with E-state index in [1.807, 2.05) is 0 Å². The number of rotatable bonds is 6. The van der Waals surface area contributed by atoms with Gasteiger partial charge >= 0.3 is 5.69 Å². The fourth-order valence-corrected chi connectivity index (χ4v) is 2.62. The number of likely N-dealkylation sites (N-methyl/N-ethyl adjacent to an activating group) is 1. The Balaban J connectivity index is 2.05. The molecule has 0 spiro atoms. The van der Waals surface area contributed by atoms with Crippen molar-refractivity contribution in [3.05, 3.63) is 56.9 Å². The molecule has 1 aromatic carbocycles. The second kappa shape index (κ2) is 7.77. The number of hydrogen-bond acceptors (Lipinski definition) is 5. The van der Waals surface area contributed by atoms with Crippen molar-refractivity contribution in [1.29, 1.82) is 0 Å². The summed E-state index contributed by atoms with van der Waals surface area (Å²) in [6.07, 6.45) is 0. The van der Waals surface area contributed by atoms with Crippen molar-refractivity contribution in [3.8, 4) is 0 Å². The van der Waals surface area contributed by atoms with Gasteiger partial charge in [-0.3, -0.25) is 24.4 Å². The van der Waals surface area contributed by atoms with Gasteiger partial charge in [-0.15, -0.1) is 0 Å². The molecule has 1 aromatic heterocycles. The first-order chi connectivity index (χ1) is 12.2. The van der Waals surface area contributed by atoms with Crippen LogP contribution in [0.15, 0.2) is 24.3 Å². The van der Waals surface area contributed by atoms with E-state index in [-0.39, 0.29) is 29.7 Å². The van der Waals surface area contributed by atoms with Crippen molar-refractivity contribution in [2.45, 2.75) is 26.9 Å². The fraction of sp³-hybridized carbons (Fsp3) is 0.353. The molecular weight excluding hydrogens is 338 g/mol. The first-order valence-corrected chi connectivity index (χ1v) is 7.98. The largest absolute Gasteiger partial charge is 0.355 e. The lowest BCUT2D eigenvalue weighted by Gasteiger charge is -2.18. The monoisotopic (exact) mass is 359 g/mol. The van der Waals surface area contributed by atoms with Crippen LogP contribution in [0.3, 0.4) is 0 Å². The van der Waals surface area contributed by atoms with Crippen LogP contribution in [0.5, 0.6) is 0 Å². The van der Waals surface area contributed by atoms with Crippen LogP contribution in [0.4, 0.5) is 5.69 Å². The number of amides is 2. The number of nitrogens with zero attached hydrogens (tertiary/aromatic N) is 4. The molecule has 0 fully saturated rings. The van der Waals surface area contributed by atoms with E-state index < -0.39 is 4.92 Å². The molecule has 0 aliphatic rings.